The minimum absolute atomic E-state index is 0.0138. The van der Waals surface area contributed by atoms with Crippen LogP contribution >= 0.6 is 0 Å². The van der Waals surface area contributed by atoms with Crippen LogP contribution < -0.4 is 21.1 Å². The maximum Gasteiger partial charge on any atom is 0.323 e. The van der Waals surface area contributed by atoms with Crippen molar-refractivity contribution in [1.82, 2.24) is 20.5 Å². The van der Waals surface area contributed by atoms with E-state index in [0.717, 1.165) is 5.56 Å². The Morgan fingerprint density at radius 1 is 1.29 bits per heavy atom. The number of nitrogens with one attached hydrogen (secondary N) is 2. The molecule has 0 aliphatic carbocycles. The van der Waals surface area contributed by atoms with E-state index in [1.54, 1.807) is 18.2 Å². The number of nitrogens with two attached hydrogens (primary N) is 1. The first kappa shape index (κ1) is 19.9. The van der Waals surface area contributed by atoms with Gasteiger partial charge in [0.05, 0.1) is 13.7 Å². The molecule has 1 aromatic heterocycles. The highest BCUT2D eigenvalue weighted by molar-refractivity contribution is 6.10. The largest absolute Gasteiger partial charge is 0.497 e. The molecule has 10 heteroatoms. The van der Waals surface area contributed by atoms with Crippen LogP contribution in [0.4, 0.5) is 4.79 Å². The summed E-state index contributed by atoms with van der Waals surface area (Å²) in [4.78, 5) is 54.0. The van der Waals surface area contributed by atoms with Crippen molar-refractivity contribution >= 4 is 23.8 Å². The lowest BCUT2D eigenvalue weighted by molar-refractivity contribution is -0.122. The van der Waals surface area contributed by atoms with Crippen molar-refractivity contribution in [2.75, 3.05) is 13.7 Å². The number of rotatable bonds is 4. The number of methoxy groups -OCH3 is 1. The molecule has 1 aromatic carbocycles. The van der Waals surface area contributed by atoms with E-state index < -0.39 is 23.4 Å². The molecule has 1 fully saturated rings. The molecule has 1 atom stereocenters. The molecule has 0 unspecified atom stereocenters. The number of hydrogen-bond donors (Lipinski definition) is 3. The highest BCUT2D eigenvalue weighted by Gasteiger charge is 2.48. The Bertz CT molecular complexity index is 1200. The van der Waals surface area contributed by atoms with Crippen LogP contribution in [-0.2, 0) is 11.3 Å². The molecule has 156 valence electrons. The number of pyridine rings is 1. The average Bonchev–Trinajstić information content (AvgIpc) is 3.21. The predicted octanol–water partition coefficient (Wildman–Crippen LogP) is -0.225. The number of ether oxygens (including phenoxy) is 1. The van der Waals surface area contributed by atoms with E-state index in [2.05, 4.69) is 27.5 Å². The van der Waals surface area contributed by atoms with Gasteiger partial charge in [-0.2, -0.15) is 0 Å². The number of carbonyl (C=O) groups is 4. The van der Waals surface area contributed by atoms with E-state index in [-0.39, 0.29) is 24.7 Å². The summed E-state index contributed by atoms with van der Waals surface area (Å²) in [6.07, 6.45) is 1.36. The summed E-state index contributed by atoms with van der Waals surface area (Å²) in [5, 5.41) is 4.69. The van der Waals surface area contributed by atoms with E-state index in [4.69, 9.17) is 10.5 Å². The second-order valence-electron chi connectivity index (χ2n) is 7.04. The van der Waals surface area contributed by atoms with Gasteiger partial charge in [-0.15, -0.1) is 0 Å². The lowest BCUT2D eigenvalue weighted by atomic mass is 9.99. The van der Waals surface area contributed by atoms with Crippen molar-refractivity contribution < 1.29 is 23.9 Å². The second kappa shape index (κ2) is 7.46. The molecular formula is C21H17N5O5. The summed E-state index contributed by atoms with van der Waals surface area (Å²) in [6.45, 7) is 0.0903. The molecule has 4 N–H and O–H groups in total. The van der Waals surface area contributed by atoms with Crippen LogP contribution in [0.15, 0.2) is 36.5 Å². The number of carbonyl (C=O) groups excluding carboxylic acids is 4. The fourth-order valence-electron chi connectivity index (χ4n) is 3.43. The van der Waals surface area contributed by atoms with Crippen LogP contribution in [-0.4, -0.2) is 52.8 Å². The van der Waals surface area contributed by atoms with Gasteiger partial charge in [0.1, 0.15) is 11.4 Å². The molecule has 5 amide bonds. The van der Waals surface area contributed by atoms with Crippen molar-refractivity contribution in [2.45, 2.75) is 12.1 Å². The summed E-state index contributed by atoms with van der Waals surface area (Å²) < 4.78 is 5.17. The van der Waals surface area contributed by atoms with Crippen molar-refractivity contribution in [1.29, 1.82) is 0 Å². The molecule has 10 nitrogen and oxygen atoms in total. The highest BCUT2D eigenvalue weighted by atomic mass is 16.5. The number of amides is 5. The van der Waals surface area contributed by atoms with E-state index >= 15 is 0 Å². The van der Waals surface area contributed by atoms with Gasteiger partial charge in [-0.3, -0.25) is 24.7 Å². The second-order valence-corrected chi connectivity index (χ2v) is 7.04. The third-order valence-electron chi connectivity index (χ3n) is 5.00. The molecular weight excluding hydrogens is 402 g/mol. The molecule has 1 saturated heterocycles. The molecule has 2 aliphatic heterocycles. The van der Waals surface area contributed by atoms with Gasteiger partial charge >= 0.3 is 6.03 Å². The van der Waals surface area contributed by atoms with Gasteiger partial charge in [-0.25, -0.2) is 4.79 Å². The number of benzene rings is 1. The maximum absolute atomic E-state index is 12.9. The van der Waals surface area contributed by atoms with E-state index in [1.165, 1.54) is 30.3 Å². The van der Waals surface area contributed by atoms with Crippen molar-refractivity contribution in [3.63, 3.8) is 0 Å². The SMILES string of the molecule is COc1ccc2c(c1)C(=O)N(C[C@@]1(C#Cc3ccnc(C(N)=O)c3)NC(=O)NC1=O)C2. The van der Waals surface area contributed by atoms with E-state index in [1.807, 2.05) is 0 Å². The monoisotopic (exact) mass is 419 g/mol. The summed E-state index contributed by atoms with van der Waals surface area (Å²) in [5.41, 5.74) is 5.20. The molecule has 0 saturated carbocycles. The smallest absolute Gasteiger partial charge is 0.323 e. The third-order valence-corrected chi connectivity index (χ3v) is 5.00. The van der Waals surface area contributed by atoms with E-state index in [0.29, 0.717) is 16.9 Å². The number of fused-ring (bicyclic) bond motifs is 1. The standard InChI is InChI=1S/C21H17N5O5/c1-31-14-3-2-13-10-26(18(28)15(13)9-14)11-21(19(29)24-20(30)25-21)6-4-12-5-7-23-16(8-12)17(22)27/h2-3,5,7-9H,10-11H2,1H3,(H2,22,27)(H2,24,25,29,30)/t21-/m1/s1. The highest BCUT2D eigenvalue weighted by Crippen LogP contribution is 2.28. The third kappa shape index (κ3) is 3.64. The Hall–Kier alpha value is -4.39. The molecule has 0 bridgehead atoms. The number of urea groups is 1. The zero-order valence-corrected chi connectivity index (χ0v) is 16.4. The van der Waals surface area contributed by atoms with Gasteiger partial charge in [0.15, 0.2) is 0 Å². The molecule has 4 rings (SSSR count). The summed E-state index contributed by atoms with van der Waals surface area (Å²) in [7, 11) is 1.50. The van der Waals surface area contributed by atoms with Crippen LogP contribution in [0.25, 0.3) is 0 Å². The first-order valence-corrected chi connectivity index (χ1v) is 9.20. The number of hydrogen-bond acceptors (Lipinski definition) is 6. The summed E-state index contributed by atoms with van der Waals surface area (Å²) >= 11 is 0. The zero-order chi connectivity index (χ0) is 22.2. The summed E-state index contributed by atoms with van der Waals surface area (Å²) in [5.74, 6) is 4.38. The Balaban J connectivity index is 1.65. The van der Waals surface area contributed by atoms with Gasteiger partial charge in [-0.05, 0) is 29.8 Å². The minimum atomic E-state index is -1.66. The number of nitrogens with zero attached hydrogens (tertiary/aromatic N) is 2. The van der Waals surface area contributed by atoms with Crippen LogP contribution in [0.1, 0.15) is 32.0 Å². The number of primary amides is 1. The quantitative estimate of drug-likeness (QED) is 0.462. The average molecular weight is 419 g/mol. The van der Waals surface area contributed by atoms with Crippen molar-refractivity contribution in [3.8, 4) is 17.6 Å². The van der Waals surface area contributed by atoms with E-state index in [9.17, 15) is 19.2 Å². The summed E-state index contributed by atoms with van der Waals surface area (Å²) in [6, 6.07) is 7.35. The topological polar surface area (TPSA) is 144 Å². The molecule has 2 aliphatic rings. The number of imide groups is 1. The lowest BCUT2D eigenvalue weighted by Crippen LogP contribution is -2.54. The Kier molecular flexibility index (Phi) is 4.79. The van der Waals surface area contributed by atoms with Gasteiger partial charge in [0.25, 0.3) is 17.7 Å². The minimum Gasteiger partial charge on any atom is -0.497 e. The first-order chi connectivity index (χ1) is 14.8. The first-order valence-electron chi connectivity index (χ1n) is 9.20. The molecule has 3 heterocycles. The van der Waals surface area contributed by atoms with Crippen LogP contribution in [0.5, 0.6) is 5.75 Å². The Labute approximate surface area is 176 Å². The molecule has 2 aromatic rings. The molecule has 31 heavy (non-hydrogen) atoms. The fraction of sp³-hybridized carbons (Fsp3) is 0.190. The maximum atomic E-state index is 12.9. The lowest BCUT2D eigenvalue weighted by Gasteiger charge is -2.26. The Morgan fingerprint density at radius 3 is 2.77 bits per heavy atom. The van der Waals surface area contributed by atoms with Crippen LogP contribution in [0.3, 0.4) is 0 Å². The van der Waals surface area contributed by atoms with Gasteiger partial charge < -0.3 is 20.7 Å². The zero-order valence-electron chi connectivity index (χ0n) is 16.4. The van der Waals surface area contributed by atoms with Gasteiger partial charge in [0, 0.05) is 23.9 Å². The van der Waals surface area contributed by atoms with Crippen LogP contribution in [0, 0.1) is 11.8 Å². The van der Waals surface area contributed by atoms with Gasteiger partial charge in [-0.1, -0.05) is 17.9 Å². The van der Waals surface area contributed by atoms with Crippen molar-refractivity contribution in [3.05, 3.63) is 58.9 Å². The Morgan fingerprint density at radius 2 is 2.10 bits per heavy atom. The van der Waals surface area contributed by atoms with Gasteiger partial charge in [0.2, 0.25) is 5.54 Å². The molecule has 0 radical (unpaired) electrons. The van der Waals surface area contributed by atoms with Crippen LogP contribution in [0.2, 0.25) is 0 Å². The number of aromatic nitrogens is 1. The van der Waals surface area contributed by atoms with Crippen molar-refractivity contribution in [2.24, 2.45) is 5.73 Å². The predicted molar refractivity (Wildman–Crippen MR) is 107 cm³/mol. The fourth-order valence-corrected chi connectivity index (χ4v) is 3.43. The molecule has 0 spiro atoms. The normalized spacial score (nSPS) is 19.3.